The number of nitrogens with one attached hydrogen (secondary N) is 2. The minimum absolute atomic E-state index is 0.0328. The van der Waals surface area contributed by atoms with Crippen LogP contribution < -0.4 is 10.6 Å². The fraction of sp³-hybridized carbons (Fsp3) is 0.200. The lowest BCUT2D eigenvalue weighted by Crippen LogP contribution is -2.16. The van der Waals surface area contributed by atoms with Crippen molar-refractivity contribution in [3.63, 3.8) is 0 Å². The van der Waals surface area contributed by atoms with E-state index < -0.39 is 0 Å². The molecule has 1 aliphatic rings. The minimum Gasteiger partial charge on any atom is -0.384 e. The van der Waals surface area contributed by atoms with E-state index in [4.69, 9.17) is 11.6 Å². The molecule has 2 aromatic rings. The van der Waals surface area contributed by atoms with Crippen LogP contribution in [-0.4, -0.2) is 17.4 Å². The van der Waals surface area contributed by atoms with E-state index in [2.05, 4.69) is 37.6 Å². The van der Waals surface area contributed by atoms with Crippen LogP contribution in [0.15, 0.2) is 41.0 Å². The molecule has 0 radical (unpaired) electrons. The van der Waals surface area contributed by atoms with E-state index in [1.165, 1.54) is 5.56 Å². The normalized spacial score (nSPS) is 16.2. The van der Waals surface area contributed by atoms with Gasteiger partial charge in [-0.1, -0.05) is 29.8 Å². The van der Waals surface area contributed by atoms with Gasteiger partial charge in [0.15, 0.2) is 0 Å². The fourth-order valence-corrected chi connectivity index (χ4v) is 2.92. The van der Waals surface area contributed by atoms with Gasteiger partial charge in [0.25, 0.3) is 0 Å². The summed E-state index contributed by atoms with van der Waals surface area (Å²) >= 11 is 9.12. The van der Waals surface area contributed by atoms with Crippen molar-refractivity contribution in [2.45, 2.75) is 12.3 Å². The first-order valence-corrected chi connectivity index (χ1v) is 7.74. The zero-order valence-corrected chi connectivity index (χ0v) is 13.4. The monoisotopic (exact) mass is 365 g/mol. The molecule has 1 unspecified atom stereocenters. The first-order chi connectivity index (χ1) is 10.1. The molecule has 0 bridgehead atoms. The third kappa shape index (κ3) is 3.19. The van der Waals surface area contributed by atoms with E-state index in [0.29, 0.717) is 21.7 Å². The second-order valence-electron chi connectivity index (χ2n) is 4.91. The highest BCUT2D eigenvalue weighted by molar-refractivity contribution is 9.10. The second-order valence-corrected chi connectivity index (χ2v) is 6.13. The summed E-state index contributed by atoms with van der Waals surface area (Å²) in [5, 5.41) is 6.55. The van der Waals surface area contributed by atoms with Crippen molar-refractivity contribution in [2.75, 3.05) is 17.2 Å². The fourth-order valence-electron chi connectivity index (χ4n) is 2.46. The molecule has 1 amide bonds. The number of amides is 1. The number of halogens is 2. The molecule has 0 saturated carbocycles. The van der Waals surface area contributed by atoms with E-state index in [0.717, 1.165) is 12.2 Å². The zero-order chi connectivity index (χ0) is 14.8. The molecule has 1 atom stereocenters. The van der Waals surface area contributed by atoms with Crippen molar-refractivity contribution in [3.8, 4) is 0 Å². The second kappa shape index (κ2) is 6.03. The molecule has 3 rings (SSSR count). The predicted molar refractivity (Wildman–Crippen MR) is 87.9 cm³/mol. The van der Waals surface area contributed by atoms with Gasteiger partial charge in [0.05, 0.1) is 16.4 Å². The van der Waals surface area contributed by atoms with Crippen LogP contribution >= 0.6 is 27.5 Å². The third-order valence-corrected chi connectivity index (χ3v) is 4.59. The largest absolute Gasteiger partial charge is 0.384 e. The topological polar surface area (TPSA) is 54.0 Å². The molecular formula is C15H13BrClN3O. The maximum atomic E-state index is 12.2. The number of fused-ring (bicyclic) bond motifs is 1. The molecule has 0 aliphatic carbocycles. The van der Waals surface area contributed by atoms with Crippen molar-refractivity contribution >= 4 is 44.8 Å². The summed E-state index contributed by atoms with van der Waals surface area (Å²) in [4.78, 5) is 16.2. The molecule has 0 saturated heterocycles. The highest BCUT2D eigenvalue weighted by Gasteiger charge is 2.24. The van der Waals surface area contributed by atoms with Gasteiger partial charge in [-0.15, -0.1) is 0 Å². The van der Waals surface area contributed by atoms with Gasteiger partial charge in [0.2, 0.25) is 5.91 Å². The Bertz CT molecular complexity index is 692. The number of rotatable bonds is 3. The Morgan fingerprint density at radius 1 is 1.48 bits per heavy atom. The Balaban J connectivity index is 1.66. The van der Waals surface area contributed by atoms with E-state index in [9.17, 15) is 4.79 Å². The van der Waals surface area contributed by atoms with Gasteiger partial charge in [-0.25, -0.2) is 4.98 Å². The van der Waals surface area contributed by atoms with E-state index in [-0.39, 0.29) is 11.8 Å². The van der Waals surface area contributed by atoms with Crippen molar-refractivity contribution < 1.29 is 4.79 Å². The molecule has 6 heteroatoms. The Hall–Kier alpha value is -1.59. The minimum atomic E-state index is -0.0328. The highest BCUT2D eigenvalue weighted by atomic mass is 79.9. The lowest BCUT2D eigenvalue weighted by Gasteiger charge is -2.11. The number of nitrogens with zero attached hydrogens (tertiary/aromatic N) is 1. The molecule has 21 heavy (non-hydrogen) atoms. The zero-order valence-electron chi connectivity index (χ0n) is 11.1. The molecule has 0 fully saturated rings. The van der Waals surface area contributed by atoms with Crippen molar-refractivity contribution in [2.24, 2.45) is 0 Å². The number of hydrogen-bond donors (Lipinski definition) is 2. The van der Waals surface area contributed by atoms with Gasteiger partial charge in [-0.3, -0.25) is 4.79 Å². The summed E-state index contributed by atoms with van der Waals surface area (Å²) in [6, 6.07) is 9.83. The van der Waals surface area contributed by atoms with Gasteiger partial charge in [-0.05, 0) is 33.6 Å². The molecule has 2 N–H and O–H groups in total. The Kier molecular flexibility index (Phi) is 4.12. The quantitative estimate of drug-likeness (QED) is 0.806. The Morgan fingerprint density at radius 3 is 3.10 bits per heavy atom. The summed E-state index contributed by atoms with van der Waals surface area (Å²) in [6.07, 6.45) is 1.98. The molecule has 108 valence electrons. The van der Waals surface area contributed by atoms with Crippen LogP contribution in [0.4, 0.5) is 11.4 Å². The Morgan fingerprint density at radius 2 is 2.29 bits per heavy atom. The van der Waals surface area contributed by atoms with Crippen LogP contribution in [0.1, 0.15) is 17.9 Å². The summed E-state index contributed by atoms with van der Waals surface area (Å²) in [7, 11) is 0. The number of carbonyl (C=O) groups excluding carboxylic acids is 1. The third-order valence-electron chi connectivity index (χ3n) is 3.45. The van der Waals surface area contributed by atoms with E-state index >= 15 is 0 Å². The summed E-state index contributed by atoms with van der Waals surface area (Å²) in [5.74, 6) is 0.166. The smallest absolute Gasteiger partial charge is 0.225 e. The van der Waals surface area contributed by atoms with Gasteiger partial charge in [0, 0.05) is 24.6 Å². The van der Waals surface area contributed by atoms with Gasteiger partial charge in [0.1, 0.15) is 5.15 Å². The first kappa shape index (κ1) is 14.4. The number of pyridine rings is 1. The molecular weight excluding hydrogens is 354 g/mol. The van der Waals surface area contributed by atoms with E-state index in [1.807, 2.05) is 18.2 Å². The van der Waals surface area contributed by atoms with Crippen LogP contribution in [0, 0.1) is 0 Å². The number of anilines is 2. The number of carbonyl (C=O) groups is 1. The van der Waals surface area contributed by atoms with Crippen LogP contribution in [0.25, 0.3) is 0 Å². The van der Waals surface area contributed by atoms with Gasteiger partial charge >= 0.3 is 0 Å². The maximum Gasteiger partial charge on any atom is 0.225 e. The molecule has 1 aromatic heterocycles. The Labute approximate surface area is 136 Å². The highest BCUT2D eigenvalue weighted by Crippen LogP contribution is 2.33. The number of aromatic nitrogens is 1. The average molecular weight is 367 g/mol. The molecule has 4 nitrogen and oxygen atoms in total. The van der Waals surface area contributed by atoms with E-state index in [1.54, 1.807) is 12.3 Å². The van der Waals surface area contributed by atoms with Crippen LogP contribution in [-0.2, 0) is 4.79 Å². The van der Waals surface area contributed by atoms with Gasteiger partial charge in [-0.2, -0.15) is 0 Å². The number of para-hydroxylation sites is 1. The lowest BCUT2D eigenvalue weighted by molar-refractivity contribution is -0.116. The predicted octanol–water partition coefficient (Wildman–Crippen LogP) is 4.04. The SMILES string of the molecule is O=C(CC1CNc2ccccc21)Nc1cnc(Cl)c(Br)c1. The maximum absolute atomic E-state index is 12.2. The standard InChI is InChI=1S/C15H13BrClN3O/c16-12-6-10(8-19-15(12)17)20-14(21)5-9-7-18-13-4-2-1-3-11(9)13/h1-4,6,8-9,18H,5,7H2,(H,20,21). The van der Waals surface area contributed by atoms with Crippen molar-refractivity contribution in [1.29, 1.82) is 0 Å². The number of benzene rings is 1. The summed E-state index contributed by atoms with van der Waals surface area (Å²) < 4.78 is 0.662. The molecule has 1 aliphatic heterocycles. The number of hydrogen-bond acceptors (Lipinski definition) is 3. The van der Waals surface area contributed by atoms with Gasteiger partial charge < -0.3 is 10.6 Å². The van der Waals surface area contributed by atoms with Crippen molar-refractivity contribution in [3.05, 3.63) is 51.7 Å². The molecule has 2 heterocycles. The summed E-state index contributed by atoms with van der Waals surface area (Å²) in [6.45, 7) is 0.787. The van der Waals surface area contributed by atoms with Crippen LogP contribution in [0.2, 0.25) is 5.15 Å². The van der Waals surface area contributed by atoms with Crippen molar-refractivity contribution in [1.82, 2.24) is 4.98 Å². The molecule has 0 spiro atoms. The summed E-state index contributed by atoms with van der Waals surface area (Å²) in [5.41, 5.74) is 2.95. The first-order valence-electron chi connectivity index (χ1n) is 6.57. The van der Waals surface area contributed by atoms with Crippen LogP contribution in [0.3, 0.4) is 0 Å². The lowest BCUT2D eigenvalue weighted by atomic mass is 9.97. The average Bonchev–Trinajstić information content (AvgIpc) is 2.86. The molecule has 1 aromatic carbocycles. The van der Waals surface area contributed by atoms with Crippen LogP contribution in [0.5, 0.6) is 0 Å².